The largest absolute Gasteiger partial charge is 0.354 e. The molecule has 1 aromatic heterocycles. The predicted molar refractivity (Wildman–Crippen MR) is 112 cm³/mol. The molecule has 1 aliphatic heterocycles. The zero-order valence-electron chi connectivity index (χ0n) is 18.0. The summed E-state index contributed by atoms with van der Waals surface area (Å²) in [5.41, 5.74) is 0.880. The van der Waals surface area contributed by atoms with Gasteiger partial charge in [-0.15, -0.1) is 0 Å². The molecule has 0 atom stereocenters. The molecule has 0 radical (unpaired) electrons. The molecular formula is C21H33N5O2. The first-order valence-corrected chi connectivity index (χ1v) is 9.99. The number of allylic oxidation sites excluding steroid dienone is 1. The zero-order valence-corrected chi connectivity index (χ0v) is 18.0. The average molecular weight is 388 g/mol. The first-order valence-electron chi connectivity index (χ1n) is 9.99. The molecule has 28 heavy (non-hydrogen) atoms. The van der Waals surface area contributed by atoms with Crippen LogP contribution in [0.15, 0.2) is 11.1 Å². The average Bonchev–Trinajstić information content (AvgIpc) is 2.83. The number of hydrogen-bond donors (Lipinski definition) is 1. The standard InChI is InChI=1S/C21H33N5O2/c1-7-8-9-11-16-23-17(15-14-25(6)12-10-13-26(15)16)19(27)24-18(20(28)22-5)21(2,3)4/h9,11H,7-8,10,12-14H2,1-6H3,(H,22,28)/b11-9+,24-18-. The minimum Gasteiger partial charge on any atom is -0.354 e. The number of aliphatic imine (C=N–C) groups is 1. The number of nitrogens with zero attached hydrogens (tertiary/aromatic N) is 4. The first kappa shape index (κ1) is 22.0. The second-order valence-corrected chi connectivity index (χ2v) is 8.29. The van der Waals surface area contributed by atoms with Gasteiger partial charge < -0.3 is 14.8 Å². The number of fused-ring (bicyclic) bond motifs is 1. The van der Waals surface area contributed by atoms with Crippen molar-refractivity contribution in [3.63, 3.8) is 0 Å². The van der Waals surface area contributed by atoms with Gasteiger partial charge in [0.2, 0.25) is 0 Å². The predicted octanol–water partition coefficient (Wildman–Crippen LogP) is 2.91. The van der Waals surface area contributed by atoms with Gasteiger partial charge in [-0.05, 0) is 32.5 Å². The summed E-state index contributed by atoms with van der Waals surface area (Å²) in [5.74, 6) is -0.0106. The molecule has 0 unspecified atom stereocenters. The van der Waals surface area contributed by atoms with E-state index in [0.717, 1.165) is 43.9 Å². The van der Waals surface area contributed by atoms with Gasteiger partial charge in [0.05, 0.1) is 5.69 Å². The number of imidazole rings is 1. The first-order chi connectivity index (χ1) is 13.2. The Morgan fingerprint density at radius 2 is 2.00 bits per heavy atom. The molecule has 0 aromatic carbocycles. The highest BCUT2D eigenvalue weighted by Gasteiger charge is 2.29. The lowest BCUT2D eigenvalue weighted by Crippen LogP contribution is -2.37. The Bertz CT molecular complexity index is 783. The molecule has 7 nitrogen and oxygen atoms in total. The monoisotopic (exact) mass is 387 g/mol. The van der Waals surface area contributed by atoms with Gasteiger partial charge in [-0.3, -0.25) is 9.59 Å². The van der Waals surface area contributed by atoms with E-state index in [-0.39, 0.29) is 11.6 Å². The number of carbonyl (C=O) groups excluding carboxylic acids is 2. The molecular weight excluding hydrogens is 354 g/mol. The molecule has 1 aliphatic rings. The zero-order chi connectivity index (χ0) is 20.9. The van der Waals surface area contributed by atoms with Crippen molar-refractivity contribution < 1.29 is 9.59 Å². The van der Waals surface area contributed by atoms with Crippen LogP contribution in [0.1, 0.15) is 69.0 Å². The normalized spacial score (nSPS) is 16.1. The summed E-state index contributed by atoms with van der Waals surface area (Å²) in [7, 11) is 3.58. The van der Waals surface area contributed by atoms with E-state index in [4.69, 9.17) is 0 Å². The highest BCUT2D eigenvalue weighted by molar-refractivity contribution is 6.42. The Morgan fingerprint density at radius 3 is 2.61 bits per heavy atom. The van der Waals surface area contributed by atoms with Crippen LogP contribution in [0, 0.1) is 5.41 Å². The van der Waals surface area contributed by atoms with Crippen LogP contribution in [0.4, 0.5) is 0 Å². The van der Waals surface area contributed by atoms with E-state index in [9.17, 15) is 9.59 Å². The third-order valence-electron chi connectivity index (χ3n) is 4.73. The number of unbranched alkanes of at least 4 members (excludes halogenated alkanes) is 1. The number of rotatable bonds is 5. The van der Waals surface area contributed by atoms with Gasteiger partial charge >= 0.3 is 0 Å². The van der Waals surface area contributed by atoms with Crippen molar-refractivity contribution in [2.45, 2.75) is 60.0 Å². The van der Waals surface area contributed by atoms with E-state index < -0.39 is 11.3 Å². The van der Waals surface area contributed by atoms with Crippen molar-refractivity contribution in [3.8, 4) is 0 Å². The minimum absolute atomic E-state index is 0.215. The second-order valence-electron chi connectivity index (χ2n) is 8.29. The van der Waals surface area contributed by atoms with Crippen molar-refractivity contribution in [3.05, 3.63) is 23.3 Å². The van der Waals surface area contributed by atoms with Crippen LogP contribution in [0.2, 0.25) is 0 Å². The fourth-order valence-electron chi connectivity index (χ4n) is 3.23. The smallest absolute Gasteiger partial charge is 0.297 e. The summed E-state index contributed by atoms with van der Waals surface area (Å²) in [6, 6.07) is 0. The molecule has 0 saturated carbocycles. The van der Waals surface area contributed by atoms with Crippen molar-refractivity contribution >= 4 is 23.6 Å². The number of carbonyl (C=O) groups is 2. The van der Waals surface area contributed by atoms with E-state index in [1.807, 2.05) is 33.9 Å². The van der Waals surface area contributed by atoms with E-state index in [1.165, 1.54) is 0 Å². The van der Waals surface area contributed by atoms with Crippen LogP contribution in [0.25, 0.3) is 6.08 Å². The number of aromatic nitrogens is 2. The number of nitrogens with one attached hydrogen (secondary N) is 1. The lowest BCUT2D eigenvalue weighted by Gasteiger charge is -2.19. The van der Waals surface area contributed by atoms with E-state index in [1.54, 1.807) is 7.05 Å². The quantitative estimate of drug-likeness (QED) is 0.788. The summed E-state index contributed by atoms with van der Waals surface area (Å²) in [5, 5.41) is 2.58. The molecule has 0 fully saturated rings. The van der Waals surface area contributed by atoms with Gasteiger partial charge in [0.1, 0.15) is 11.5 Å². The van der Waals surface area contributed by atoms with Gasteiger partial charge in [-0.1, -0.05) is 40.2 Å². The number of hydrogen-bond acceptors (Lipinski definition) is 4. The summed E-state index contributed by atoms with van der Waals surface area (Å²) in [6.45, 7) is 10.1. The van der Waals surface area contributed by atoms with Crippen LogP contribution in [-0.2, 0) is 17.9 Å². The third kappa shape index (κ3) is 5.16. The fraction of sp³-hybridized carbons (Fsp3) is 0.619. The number of amides is 2. The van der Waals surface area contributed by atoms with Crippen LogP contribution in [-0.4, -0.2) is 52.6 Å². The Kier molecular flexibility index (Phi) is 7.29. The lowest BCUT2D eigenvalue weighted by atomic mass is 9.89. The van der Waals surface area contributed by atoms with Crippen LogP contribution in [0.3, 0.4) is 0 Å². The molecule has 1 aromatic rings. The molecule has 0 bridgehead atoms. The molecule has 0 aliphatic carbocycles. The van der Waals surface area contributed by atoms with Crippen molar-refractivity contribution in [1.29, 1.82) is 0 Å². The molecule has 0 spiro atoms. The molecule has 1 N–H and O–H groups in total. The maximum Gasteiger partial charge on any atom is 0.297 e. The van der Waals surface area contributed by atoms with Gasteiger partial charge in [0.15, 0.2) is 5.69 Å². The Hall–Kier alpha value is -2.28. The minimum atomic E-state index is -0.549. The van der Waals surface area contributed by atoms with Crippen molar-refractivity contribution in [1.82, 2.24) is 19.8 Å². The third-order valence-corrected chi connectivity index (χ3v) is 4.73. The van der Waals surface area contributed by atoms with Gasteiger partial charge in [0.25, 0.3) is 11.8 Å². The maximum absolute atomic E-state index is 13.1. The highest BCUT2D eigenvalue weighted by Crippen LogP contribution is 2.22. The Morgan fingerprint density at radius 1 is 1.29 bits per heavy atom. The second kappa shape index (κ2) is 9.28. The van der Waals surface area contributed by atoms with Crippen LogP contribution >= 0.6 is 0 Å². The Labute approximate surface area is 167 Å². The van der Waals surface area contributed by atoms with Crippen LogP contribution in [0.5, 0.6) is 0 Å². The molecule has 2 rings (SSSR count). The van der Waals surface area contributed by atoms with E-state index in [2.05, 4.69) is 37.8 Å². The Balaban J connectivity index is 2.52. The highest BCUT2D eigenvalue weighted by atomic mass is 16.2. The summed E-state index contributed by atoms with van der Waals surface area (Å²) in [6.07, 6.45) is 7.10. The van der Waals surface area contributed by atoms with E-state index >= 15 is 0 Å². The van der Waals surface area contributed by atoms with Gasteiger partial charge in [-0.25, -0.2) is 9.98 Å². The van der Waals surface area contributed by atoms with Gasteiger partial charge in [-0.2, -0.15) is 0 Å². The maximum atomic E-state index is 13.1. The molecule has 0 saturated heterocycles. The molecule has 7 heteroatoms. The topological polar surface area (TPSA) is 79.6 Å². The molecule has 2 heterocycles. The summed E-state index contributed by atoms with van der Waals surface area (Å²) in [4.78, 5) is 36.3. The SMILES string of the molecule is CCC/C=C/c1nc(C(=O)/N=C(/C(=O)NC)C(C)(C)C)c2n1CCCN(C)C2. The van der Waals surface area contributed by atoms with Crippen LogP contribution < -0.4 is 5.32 Å². The van der Waals surface area contributed by atoms with Crippen molar-refractivity contribution in [2.24, 2.45) is 10.4 Å². The van der Waals surface area contributed by atoms with Gasteiger partial charge in [0, 0.05) is 25.6 Å². The van der Waals surface area contributed by atoms with Crippen molar-refractivity contribution in [2.75, 3.05) is 20.6 Å². The lowest BCUT2D eigenvalue weighted by molar-refractivity contribution is -0.114. The molecule has 154 valence electrons. The summed E-state index contributed by atoms with van der Waals surface area (Å²) >= 11 is 0. The fourth-order valence-corrected chi connectivity index (χ4v) is 3.23. The summed E-state index contributed by atoms with van der Waals surface area (Å²) < 4.78 is 2.12. The molecule has 2 amide bonds. The van der Waals surface area contributed by atoms with E-state index in [0.29, 0.717) is 12.2 Å².